The van der Waals surface area contributed by atoms with E-state index in [1.54, 1.807) is 0 Å². The zero-order valence-electron chi connectivity index (χ0n) is 15.3. The molecule has 25 heavy (non-hydrogen) atoms. The predicted octanol–water partition coefficient (Wildman–Crippen LogP) is 3.49. The molecule has 0 radical (unpaired) electrons. The second-order valence-corrected chi connectivity index (χ2v) is 6.54. The summed E-state index contributed by atoms with van der Waals surface area (Å²) in [5, 5.41) is 8.03. The van der Waals surface area contributed by atoms with Crippen LogP contribution in [0.4, 0.5) is 0 Å². The quantitative estimate of drug-likeness (QED) is 0.602. The smallest absolute Gasteiger partial charge is 0.228 e. The minimum atomic E-state index is 0.264. The van der Waals surface area contributed by atoms with Gasteiger partial charge in [-0.1, -0.05) is 48.8 Å². The number of rotatable bonds is 7. The Labute approximate surface area is 154 Å². The molecule has 1 heterocycles. The monoisotopic (exact) mass is 363 g/mol. The number of aliphatic imine (C=N–C) groups is 1. The third kappa shape index (κ3) is 5.74. The van der Waals surface area contributed by atoms with E-state index in [-0.39, 0.29) is 5.92 Å². The van der Waals surface area contributed by atoms with Crippen LogP contribution < -0.4 is 5.32 Å². The Bertz CT molecular complexity index is 698. The number of nitrogens with one attached hydrogen (secondary N) is 1. The Morgan fingerprint density at radius 3 is 2.76 bits per heavy atom. The highest BCUT2D eigenvalue weighted by molar-refractivity contribution is 6.31. The van der Waals surface area contributed by atoms with Crippen LogP contribution in [0.2, 0.25) is 5.02 Å². The summed E-state index contributed by atoms with van der Waals surface area (Å²) in [5.74, 6) is 2.45. The highest BCUT2D eigenvalue weighted by Crippen LogP contribution is 2.16. The van der Waals surface area contributed by atoms with Gasteiger partial charge < -0.3 is 14.7 Å². The Morgan fingerprint density at radius 2 is 2.12 bits per heavy atom. The number of halogens is 1. The molecule has 1 aromatic heterocycles. The lowest BCUT2D eigenvalue weighted by Crippen LogP contribution is -2.38. The average molecular weight is 364 g/mol. The summed E-state index contributed by atoms with van der Waals surface area (Å²) in [4.78, 5) is 11.1. The van der Waals surface area contributed by atoms with Crippen LogP contribution in [0.5, 0.6) is 0 Å². The maximum Gasteiger partial charge on any atom is 0.228 e. The van der Waals surface area contributed by atoms with Crippen molar-refractivity contribution < 1.29 is 4.52 Å². The number of guanidine groups is 1. The highest BCUT2D eigenvalue weighted by atomic mass is 35.5. The first-order chi connectivity index (χ1) is 12.0. The molecule has 1 N–H and O–H groups in total. The second-order valence-electron chi connectivity index (χ2n) is 6.13. The van der Waals surface area contributed by atoms with Gasteiger partial charge in [0.15, 0.2) is 11.8 Å². The fourth-order valence-electron chi connectivity index (χ4n) is 2.29. The molecule has 0 unspecified atom stereocenters. The van der Waals surface area contributed by atoms with Crippen molar-refractivity contribution in [1.29, 1.82) is 0 Å². The molecule has 6 nitrogen and oxygen atoms in total. The molecule has 0 saturated heterocycles. The van der Waals surface area contributed by atoms with Crippen LogP contribution in [-0.2, 0) is 13.0 Å². The van der Waals surface area contributed by atoms with Gasteiger partial charge in [-0.3, -0.25) is 4.99 Å². The SMILES string of the molecule is CCNC(=NCCc1nc(C(C)C)no1)N(C)Cc1ccccc1Cl. The van der Waals surface area contributed by atoms with Crippen molar-refractivity contribution in [2.24, 2.45) is 4.99 Å². The fraction of sp³-hybridized carbons (Fsp3) is 0.500. The maximum atomic E-state index is 6.25. The van der Waals surface area contributed by atoms with E-state index in [4.69, 9.17) is 16.1 Å². The molecule has 0 amide bonds. The molecule has 0 bridgehead atoms. The lowest BCUT2D eigenvalue weighted by molar-refractivity contribution is 0.372. The van der Waals surface area contributed by atoms with E-state index in [1.807, 2.05) is 52.1 Å². The van der Waals surface area contributed by atoms with Crippen molar-refractivity contribution in [1.82, 2.24) is 20.4 Å². The molecule has 0 aliphatic rings. The third-order valence-electron chi connectivity index (χ3n) is 3.65. The molecule has 136 valence electrons. The van der Waals surface area contributed by atoms with Crippen molar-refractivity contribution in [3.8, 4) is 0 Å². The van der Waals surface area contributed by atoms with Crippen molar-refractivity contribution >= 4 is 17.6 Å². The van der Waals surface area contributed by atoms with Gasteiger partial charge in [0.2, 0.25) is 5.89 Å². The molecule has 0 fully saturated rings. The molecule has 0 atom stereocenters. The topological polar surface area (TPSA) is 66.5 Å². The van der Waals surface area contributed by atoms with E-state index in [9.17, 15) is 0 Å². The lowest BCUT2D eigenvalue weighted by Gasteiger charge is -2.22. The highest BCUT2D eigenvalue weighted by Gasteiger charge is 2.11. The Hall–Kier alpha value is -2.08. The third-order valence-corrected chi connectivity index (χ3v) is 4.02. The molecule has 7 heteroatoms. The summed E-state index contributed by atoms with van der Waals surface area (Å²) in [7, 11) is 1.99. The van der Waals surface area contributed by atoms with Crippen LogP contribution >= 0.6 is 11.6 Å². The van der Waals surface area contributed by atoms with Gasteiger partial charge in [0, 0.05) is 37.5 Å². The van der Waals surface area contributed by atoms with Gasteiger partial charge in [-0.05, 0) is 18.6 Å². The Balaban J connectivity index is 1.98. The van der Waals surface area contributed by atoms with Gasteiger partial charge in [0.05, 0.1) is 6.54 Å². The maximum absolute atomic E-state index is 6.25. The molecular formula is C18H26ClN5O. The molecule has 1 aromatic carbocycles. The Morgan fingerprint density at radius 1 is 1.36 bits per heavy atom. The summed E-state index contributed by atoms with van der Waals surface area (Å²) in [6, 6.07) is 7.84. The first-order valence-electron chi connectivity index (χ1n) is 8.56. The first-order valence-corrected chi connectivity index (χ1v) is 8.94. The van der Waals surface area contributed by atoms with E-state index in [2.05, 4.69) is 25.3 Å². The Kier molecular flexibility index (Phi) is 7.25. The standard InChI is InChI=1S/C18H26ClN5O/c1-5-20-18(24(4)12-14-8-6-7-9-15(14)19)21-11-10-16-22-17(13(2)3)23-25-16/h6-9,13H,5,10-12H2,1-4H3,(H,20,21). The second kappa shape index (κ2) is 9.42. The molecule has 2 aromatic rings. The molecular weight excluding hydrogens is 338 g/mol. The van der Waals surface area contributed by atoms with Gasteiger partial charge in [-0.15, -0.1) is 0 Å². The normalized spacial score (nSPS) is 11.8. The van der Waals surface area contributed by atoms with Crippen molar-refractivity contribution in [2.75, 3.05) is 20.1 Å². The molecule has 0 aliphatic heterocycles. The summed E-state index contributed by atoms with van der Waals surface area (Å²) >= 11 is 6.25. The molecule has 2 rings (SSSR count). The van der Waals surface area contributed by atoms with E-state index < -0.39 is 0 Å². The van der Waals surface area contributed by atoms with E-state index >= 15 is 0 Å². The van der Waals surface area contributed by atoms with Gasteiger partial charge in [0.25, 0.3) is 0 Å². The van der Waals surface area contributed by atoms with E-state index in [0.717, 1.165) is 28.9 Å². The zero-order valence-corrected chi connectivity index (χ0v) is 16.0. The summed E-state index contributed by atoms with van der Waals surface area (Å²) in [5.41, 5.74) is 1.07. The summed E-state index contributed by atoms with van der Waals surface area (Å²) < 4.78 is 5.26. The van der Waals surface area contributed by atoms with E-state index in [1.165, 1.54) is 0 Å². The minimum Gasteiger partial charge on any atom is -0.357 e. The van der Waals surface area contributed by atoms with Crippen molar-refractivity contribution in [3.05, 3.63) is 46.6 Å². The van der Waals surface area contributed by atoms with Crippen molar-refractivity contribution in [3.63, 3.8) is 0 Å². The zero-order chi connectivity index (χ0) is 18.2. The van der Waals surface area contributed by atoms with Crippen LogP contribution in [0.3, 0.4) is 0 Å². The number of nitrogens with zero attached hydrogens (tertiary/aromatic N) is 4. The minimum absolute atomic E-state index is 0.264. The van der Waals surface area contributed by atoms with Gasteiger partial charge in [-0.2, -0.15) is 4.98 Å². The molecule has 0 aliphatic carbocycles. The summed E-state index contributed by atoms with van der Waals surface area (Å²) in [6.45, 7) is 8.19. The van der Waals surface area contributed by atoms with Crippen LogP contribution in [0.15, 0.2) is 33.8 Å². The van der Waals surface area contributed by atoms with Crippen LogP contribution in [-0.4, -0.2) is 41.1 Å². The average Bonchev–Trinajstić information content (AvgIpc) is 3.05. The number of aromatic nitrogens is 2. The number of hydrogen-bond donors (Lipinski definition) is 1. The fourth-order valence-corrected chi connectivity index (χ4v) is 2.48. The number of hydrogen-bond acceptors (Lipinski definition) is 4. The largest absolute Gasteiger partial charge is 0.357 e. The summed E-state index contributed by atoms with van der Waals surface area (Å²) in [6.07, 6.45) is 0.620. The first kappa shape index (κ1) is 19.2. The molecule has 0 spiro atoms. The van der Waals surface area contributed by atoms with Crippen LogP contribution in [0.1, 0.15) is 44.0 Å². The van der Waals surface area contributed by atoms with Crippen molar-refractivity contribution in [2.45, 2.75) is 39.7 Å². The molecule has 0 saturated carbocycles. The van der Waals surface area contributed by atoms with Gasteiger partial charge >= 0.3 is 0 Å². The van der Waals surface area contributed by atoms with Gasteiger partial charge in [-0.25, -0.2) is 0 Å². The van der Waals surface area contributed by atoms with E-state index in [0.29, 0.717) is 25.4 Å². The van der Waals surface area contributed by atoms with Crippen LogP contribution in [0.25, 0.3) is 0 Å². The number of benzene rings is 1. The predicted molar refractivity (Wildman–Crippen MR) is 101 cm³/mol. The van der Waals surface area contributed by atoms with Gasteiger partial charge in [0.1, 0.15) is 0 Å². The lowest BCUT2D eigenvalue weighted by atomic mass is 10.2. The van der Waals surface area contributed by atoms with Crippen LogP contribution in [0, 0.1) is 0 Å².